The third-order valence-electron chi connectivity index (χ3n) is 4.26. The van der Waals surface area contributed by atoms with Gasteiger partial charge in [0.25, 0.3) is 0 Å². The second-order valence-electron chi connectivity index (χ2n) is 5.79. The summed E-state index contributed by atoms with van der Waals surface area (Å²) in [5.41, 5.74) is 1.67. The van der Waals surface area contributed by atoms with Crippen molar-refractivity contribution in [3.63, 3.8) is 0 Å². The van der Waals surface area contributed by atoms with E-state index in [4.69, 9.17) is 11.6 Å². The van der Waals surface area contributed by atoms with Crippen LogP contribution in [0, 0.1) is 18.8 Å². The fourth-order valence-corrected chi connectivity index (χ4v) is 3.04. The van der Waals surface area contributed by atoms with Crippen LogP contribution in [0.5, 0.6) is 0 Å². The highest BCUT2D eigenvalue weighted by atomic mass is 35.5. The molecule has 116 valence electrons. The fourth-order valence-electron chi connectivity index (χ4n) is 2.86. The summed E-state index contributed by atoms with van der Waals surface area (Å²) in [6.45, 7) is 2.74. The van der Waals surface area contributed by atoms with Crippen molar-refractivity contribution < 1.29 is 9.90 Å². The van der Waals surface area contributed by atoms with Crippen LogP contribution in [0.25, 0.3) is 0 Å². The molecule has 0 spiro atoms. The Balaban J connectivity index is 1.82. The van der Waals surface area contributed by atoms with Gasteiger partial charge in [0, 0.05) is 23.9 Å². The lowest BCUT2D eigenvalue weighted by Gasteiger charge is -2.30. The molecular weight excluding hydrogens is 288 g/mol. The summed E-state index contributed by atoms with van der Waals surface area (Å²) < 4.78 is 0. The number of carbonyl (C=O) groups is 1. The van der Waals surface area contributed by atoms with E-state index in [1.807, 2.05) is 19.1 Å². The SMILES string of the molecule is Cc1ccc(NC(=O)NCC2CCCCC2CO)cc1Cl. The Morgan fingerprint density at radius 2 is 2.05 bits per heavy atom. The first-order chi connectivity index (χ1) is 10.1. The second kappa shape index (κ2) is 7.66. The molecule has 1 aromatic rings. The van der Waals surface area contributed by atoms with Crippen LogP contribution in [0.3, 0.4) is 0 Å². The van der Waals surface area contributed by atoms with Crippen molar-refractivity contribution in [2.45, 2.75) is 32.6 Å². The van der Waals surface area contributed by atoms with Crippen molar-refractivity contribution in [3.05, 3.63) is 28.8 Å². The molecule has 0 saturated heterocycles. The topological polar surface area (TPSA) is 61.4 Å². The molecule has 0 radical (unpaired) electrons. The van der Waals surface area contributed by atoms with Crippen molar-refractivity contribution in [2.75, 3.05) is 18.5 Å². The van der Waals surface area contributed by atoms with Crippen LogP contribution in [-0.4, -0.2) is 24.3 Å². The predicted octanol–water partition coefficient (Wildman–Crippen LogP) is 3.57. The summed E-state index contributed by atoms with van der Waals surface area (Å²) in [5.74, 6) is 0.684. The molecule has 2 atom stereocenters. The predicted molar refractivity (Wildman–Crippen MR) is 85.7 cm³/mol. The zero-order chi connectivity index (χ0) is 15.2. The smallest absolute Gasteiger partial charge is 0.319 e. The molecule has 1 aromatic carbocycles. The van der Waals surface area contributed by atoms with Crippen molar-refractivity contribution in [2.24, 2.45) is 11.8 Å². The second-order valence-corrected chi connectivity index (χ2v) is 6.19. The van der Waals surface area contributed by atoms with E-state index in [0.717, 1.165) is 18.4 Å². The Labute approximate surface area is 130 Å². The summed E-state index contributed by atoms with van der Waals surface area (Å²) >= 11 is 6.03. The molecule has 2 unspecified atom stereocenters. The minimum atomic E-state index is -0.225. The van der Waals surface area contributed by atoms with Crippen molar-refractivity contribution >= 4 is 23.3 Å². The third-order valence-corrected chi connectivity index (χ3v) is 4.66. The highest BCUT2D eigenvalue weighted by molar-refractivity contribution is 6.31. The molecule has 0 bridgehead atoms. The molecule has 2 rings (SSSR count). The number of rotatable bonds is 4. The third kappa shape index (κ3) is 4.61. The first-order valence-electron chi connectivity index (χ1n) is 7.52. The Bertz CT molecular complexity index is 493. The number of carbonyl (C=O) groups excluding carboxylic acids is 1. The highest BCUT2D eigenvalue weighted by Crippen LogP contribution is 2.29. The summed E-state index contributed by atoms with van der Waals surface area (Å²) in [6, 6.07) is 5.23. The van der Waals surface area contributed by atoms with Crippen LogP contribution in [-0.2, 0) is 0 Å². The quantitative estimate of drug-likeness (QED) is 0.796. The van der Waals surface area contributed by atoms with Gasteiger partial charge in [0.1, 0.15) is 0 Å². The lowest BCUT2D eigenvalue weighted by molar-refractivity contribution is 0.134. The van der Waals surface area contributed by atoms with Crippen LogP contribution in [0.1, 0.15) is 31.2 Å². The number of halogens is 1. The molecule has 1 aliphatic carbocycles. The number of benzene rings is 1. The van der Waals surface area contributed by atoms with Crippen LogP contribution in [0.4, 0.5) is 10.5 Å². The number of aliphatic hydroxyl groups excluding tert-OH is 1. The molecule has 2 amide bonds. The molecule has 4 nitrogen and oxygen atoms in total. The molecule has 0 aliphatic heterocycles. The number of anilines is 1. The molecule has 0 aromatic heterocycles. The number of hydrogen-bond donors (Lipinski definition) is 3. The Morgan fingerprint density at radius 1 is 1.33 bits per heavy atom. The zero-order valence-electron chi connectivity index (χ0n) is 12.4. The van der Waals surface area contributed by atoms with Crippen molar-refractivity contribution in [1.82, 2.24) is 5.32 Å². The monoisotopic (exact) mass is 310 g/mol. The van der Waals surface area contributed by atoms with Crippen molar-refractivity contribution in [3.8, 4) is 0 Å². The van der Waals surface area contributed by atoms with E-state index in [2.05, 4.69) is 10.6 Å². The molecule has 1 saturated carbocycles. The first kappa shape index (κ1) is 16.1. The summed E-state index contributed by atoms with van der Waals surface area (Å²) in [7, 11) is 0. The zero-order valence-corrected chi connectivity index (χ0v) is 13.1. The number of hydrogen-bond acceptors (Lipinski definition) is 2. The molecule has 21 heavy (non-hydrogen) atoms. The minimum Gasteiger partial charge on any atom is -0.396 e. The van der Waals surface area contributed by atoms with Gasteiger partial charge < -0.3 is 15.7 Å². The van der Waals surface area contributed by atoms with E-state index in [1.165, 1.54) is 12.8 Å². The van der Waals surface area contributed by atoms with Crippen LogP contribution >= 0.6 is 11.6 Å². The maximum atomic E-state index is 11.9. The van der Waals surface area contributed by atoms with E-state index < -0.39 is 0 Å². The molecule has 3 N–H and O–H groups in total. The van der Waals surface area contributed by atoms with Gasteiger partial charge in [-0.2, -0.15) is 0 Å². The molecule has 0 heterocycles. The number of urea groups is 1. The Morgan fingerprint density at radius 3 is 2.71 bits per heavy atom. The van der Waals surface area contributed by atoms with E-state index >= 15 is 0 Å². The molecule has 1 fully saturated rings. The summed E-state index contributed by atoms with van der Waals surface area (Å²) in [6.07, 6.45) is 4.48. The van der Waals surface area contributed by atoms with Crippen LogP contribution in [0.2, 0.25) is 5.02 Å². The van der Waals surface area contributed by atoms with E-state index in [0.29, 0.717) is 29.1 Å². The first-order valence-corrected chi connectivity index (χ1v) is 7.90. The maximum absolute atomic E-state index is 11.9. The van der Waals surface area contributed by atoms with Gasteiger partial charge in [-0.05, 0) is 49.3 Å². The Kier molecular flexibility index (Phi) is 5.88. The molecule has 1 aliphatic rings. The van der Waals surface area contributed by atoms with Gasteiger partial charge in [0.05, 0.1) is 0 Å². The average Bonchev–Trinajstić information content (AvgIpc) is 2.49. The number of nitrogens with one attached hydrogen (secondary N) is 2. The minimum absolute atomic E-state index is 0.210. The van der Waals surface area contributed by atoms with Gasteiger partial charge in [-0.1, -0.05) is 30.5 Å². The van der Waals surface area contributed by atoms with Gasteiger partial charge in [0.15, 0.2) is 0 Å². The molecular formula is C16H23ClN2O2. The van der Waals surface area contributed by atoms with Gasteiger partial charge in [0.2, 0.25) is 0 Å². The highest BCUT2D eigenvalue weighted by Gasteiger charge is 2.24. The van der Waals surface area contributed by atoms with Crippen LogP contribution in [0.15, 0.2) is 18.2 Å². The van der Waals surface area contributed by atoms with Gasteiger partial charge in [-0.25, -0.2) is 4.79 Å². The fraction of sp³-hybridized carbons (Fsp3) is 0.562. The number of amides is 2. The normalized spacial score (nSPS) is 21.9. The van der Waals surface area contributed by atoms with Crippen molar-refractivity contribution in [1.29, 1.82) is 0 Å². The van der Waals surface area contributed by atoms with Gasteiger partial charge >= 0.3 is 6.03 Å². The maximum Gasteiger partial charge on any atom is 0.319 e. The lowest BCUT2D eigenvalue weighted by atomic mass is 9.80. The lowest BCUT2D eigenvalue weighted by Crippen LogP contribution is -2.37. The van der Waals surface area contributed by atoms with E-state index in [1.54, 1.807) is 6.07 Å². The summed E-state index contributed by atoms with van der Waals surface area (Å²) in [5, 5.41) is 15.7. The largest absolute Gasteiger partial charge is 0.396 e. The van der Waals surface area contributed by atoms with Crippen LogP contribution < -0.4 is 10.6 Å². The number of aryl methyl sites for hydroxylation is 1. The van der Waals surface area contributed by atoms with E-state index in [9.17, 15) is 9.90 Å². The van der Waals surface area contributed by atoms with E-state index in [-0.39, 0.29) is 12.6 Å². The standard InChI is InChI=1S/C16H23ClN2O2/c1-11-6-7-14(8-15(11)17)19-16(21)18-9-12-4-2-3-5-13(12)10-20/h6-8,12-13,20H,2-5,9-10H2,1H3,(H2,18,19,21). The van der Waals surface area contributed by atoms with Gasteiger partial charge in [-0.3, -0.25) is 0 Å². The molecule has 5 heteroatoms. The number of aliphatic hydroxyl groups is 1. The Hall–Kier alpha value is -1.26. The summed E-state index contributed by atoms with van der Waals surface area (Å²) in [4.78, 5) is 11.9. The average molecular weight is 311 g/mol. The van der Waals surface area contributed by atoms with Gasteiger partial charge in [-0.15, -0.1) is 0 Å².